The maximum Gasteiger partial charge on any atom is 0.270 e. The van der Waals surface area contributed by atoms with Crippen LogP contribution in [-0.4, -0.2) is 23.5 Å². The molecule has 0 bridgehead atoms. The van der Waals surface area contributed by atoms with Gasteiger partial charge in [0.05, 0.1) is 18.0 Å². The number of hydrogen-bond acceptors (Lipinski definition) is 5. The van der Waals surface area contributed by atoms with Crippen molar-refractivity contribution in [2.24, 2.45) is 0 Å². The van der Waals surface area contributed by atoms with E-state index in [1.54, 1.807) is 48.5 Å². The fraction of sp³-hybridized carbons (Fsp3) is 0.0938. The Labute approximate surface area is 246 Å². The van der Waals surface area contributed by atoms with Crippen molar-refractivity contribution in [3.8, 4) is 11.5 Å². The first-order valence-corrected chi connectivity index (χ1v) is 13.8. The highest BCUT2D eigenvalue weighted by Gasteiger charge is 2.41. The fourth-order valence-corrected chi connectivity index (χ4v) is 4.89. The molecule has 40 heavy (non-hydrogen) atoms. The van der Waals surface area contributed by atoms with E-state index in [0.29, 0.717) is 41.7 Å². The minimum atomic E-state index is -0.498. The summed E-state index contributed by atoms with van der Waals surface area (Å²) in [6, 6.07) is 31.3. The van der Waals surface area contributed by atoms with Crippen molar-refractivity contribution < 1.29 is 19.1 Å². The summed E-state index contributed by atoms with van der Waals surface area (Å²) in [7, 11) is 0. The van der Waals surface area contributed by atoms with Crippen LogP contribution in [-0.2, 0) is 16.2 Å². The molecule has 0 saturated carbocycles. The van der Waals surface area contributed by atoms with Gasteiger partial charge in [0.1, 0.15) is 12.2 Å². The first-order chi connectivity index (χ1) is 19.5. The van der Waals surface area contributed by atoms with Crippen molar-refractivity contribution in [2.75, 3.05) is 16.4 Å². The lowest BCUT2D eigenvalue weighted by Gasteiger charge is -2.36. The van der Waals surface area contributed by atoms with E-state index in [4.69, 9.17) is 21.7 Å². The van der Waals surface area contributed by atoms with Crippen LogP contribution in [0.5, 0.6) is 11.5 Å². The minimum Gasteiger partial charge on any atom is -0.490 e. The van der Waals surface area contributed by atoms with Gasteiger partial charge in [-0.15, -0.1) is 0 Å². The van der Waals surface area contributed by atoms with Crippen LogP contribution in [0.4, 0.5) is 11.4 Å². The van der Waals surface area contributed by atoms with Crippen molar-refractivity contribution in [1.82, 2.24) is 0 Å². The third-order valence-electron chi connectivity index (χ3n) is 6.16. The van der Waals surface area contributed by atoms with Gasteiger partial charge in [-0.2, -0.15) is 0 Å². The predicted octanol–water partition coefficient (Wildman–Crippen LogP) is 7.18. The molecule has 200 valence electrons. The van der Waals surface area contributed by atoms with Gasteiger partial charge >= 0.3 is 0 Å². The van der Waals surface area contributed by atoms with Crippen molar-refractivity contribution in [3.05, 3.63) is 124 Å². The zero-order valence-electron chi connectivity index (χ0n) is 21.6. The van der Waals surface area contributed by atoms with E-state index in [1.165, 1.54) is 9.80 Å². The van der Waals surface area contributed by atoms with Gasteiger partial charge in [-0.25, -0.2) is 0 Å². The predicted molar refractivity (Wildman–Crippen MR) is 165 cm³/mol. The minimum absolute atomic E-state index is 0.0210. The Balaban J connectivity index is 1.51. The van der Waals surface area contributed by atoms with Crippen LogP contribution in [0.3, 0.4) is 0 Å². The van der Waals surface area contributed by atoms with E-state index >= 15 is 0 Å². The number of benzene rings is 4. The van der Waals surface area contributed by atoms with Gasteiger partial charge in [-0.1, -0.05) is 70.5 Å². The number of halogens is 1. The highest BCUT2D eigenvalue weighted by atomic mass is 79.9. The van der Waals surface area contributed by atoms with Crippen LogP contribution in [0, 0.1) is 0 Å². The van der Waals surface area contributed by atoms with E-state index in [1.807, 2.05) is 67.6 Å². The Morgan fingerprint density at radius 2 is 1.32 bits per heavy atom. The number of para-hydroxylation sites is 2. The Morgan fingerprint density at radius 1 is 0.750 bits per heavy atom. The van der Waals surface area contributed by atoms with E-state index in [2.05, 4.69) is 15.9 Å². The smallest absolute Gasteiger partial charge is 0.270 e. The molecule has 0 atom stereocenters. The summed E-state index contributed by atoms with van der Waals surface area (Å²) in [5.74, 6) is 0.0788. The highest BCUT2D eigenvalue weighted by Crippen LogP contribution is 2.33. The average molecular weight is 614 g/mol. The second-order valence-corrected chi connectivity index (χ2v) is 10.1. The number of nitrogens with zero attached hydrogens (tertiary/aromatic N) is 2. The van der Waals surface area contributed by atoms with E-state index < -0.39 is 11.8 Å². The van der Waals surface area contributed by atoms with Gasteiger partial charge in [0, 0.05) is 4.47 Å². The number of amides is 2. The summed E-state index contributed by atoms with van der Waals surface area (Å²) in [4.78, 5) is 30.3. The lowest BCUT2D eigenvalue weighted by atomic mass is 10.0. The maximum absolute atomic E-state index is 13.8. The molecule has 1 fully saturated rings. The van der Waals surface area contributed by atoms with Crippen molar-refractivity contribution in [1.29, 1.82) is 0 Å². The first-order valence-electron chi connectivity index (χ1n) is 12.6. The van der Waals surface area contributed by atoms with Gasteiger partial charge in [-0.05, 0) is 84.9 Å². The average Bonchev–Trinajstić information content (AvgIpc) is 2.97. The molecule has 0 N–H and O–H groups in total. The lowest BCUT2D eigenvalue weighted by molar-refractivity contribution is -0.120. The van der Waals surface area contributed by atoms with Crippen LogP contribution in [0.25, 0.3) is 6.08 Å². The van der Waals surface area contributed by atoms with Crippen molar-refractivity contribution in [2.45, 2.75) is 13.5 Å². The number of hydrogen-bond donors (Lipinski definition) is 0. The number of rotatable bonds is 8. The Morgan fingerprint density at radius 3 is 1.88 bits per heavy atom. The summed E-state index contributed by atoms with van der Waals surface area (Å²) in [6.07, 6.45) is 1.57. The van der Waals surface area contributed by atoms with E-state index in [-0.39, 0.29) is 10.7 Å². The van der Waals surface area contributed by atoms with Crippen LogP contribution in [0.2, 0.25) is 0 Å². The molecule has 2 amide bonds. The van der Waals surface area contributed by atoms with Crippen LogP contribution < -0.4 is 19.3 Å². The molecule has 0 unspecified atom stereocenters. The fourth-order valence-electron chi connectivity index (χ4n) is 4.25. The lowest BCUT2D eigenvalue weighted by Crippen LogP contribution is -2.56. The molecule has 4 aromatic rings. The van der Waals surface area contributed by atoms with Gasteiger partial charge in [0.2, 0.25) is 0 Å². The second-order valence-electron chi connectivity index (χ2n) is 8.85. The monoisotopic (exact) mass is 612 g/mol. The zero-order valence-corrected chi connectivity index (χ0v) is 24.0. The summed E-state index contributed by atoms with van der Waals surface area (Å²) in [5.41, 5.74) is 2.75. The molecule has 1 aliphatic rings. The molecule has 1 heterocycles. The third-order valence-corrected chi connectivity index (χ3v) is 7.06. The number of carbonyl (C=O) groups is 2. The Hall–Kier alpha value is -4.27. The summed E-state index contributed by atoms with van der Waals surface area (Å²) in [6.45, 7) is 2.67. The Bertz CT molecular complexity index is 1510. The molecular formula is C32H25BrN2O4S. The van der Waals surface area contributed by atoms with E-state index in [0.717, 1.165) is 10.0 Å². The molecule has 1 aliphatic heterocycles. The molecule has 4 aromatic carbocycles. The van der Waals surface area contributed by atoms with Crippen molar-refractivity contribution >= 4 is 62.5 Å². The molecule has 0 radical (unpaired) electrons. The summed E-state index contributed by atoms with van der Waals surface area (Å²) in [5, 5.41) is 0.0937. The SMILES string of the molecule is CCOc1cc(C=C2C(=O)N(c3ccccc3)C(=S)N(c3ccccc3)C2=O)ccc1OCc1ccc(Br)cc1. The molecule has 5 rings (SSSR count). The molecule has 0 aromatic heterocycles. The van der Waals surface area contributed by atoms with Gasteiger partial charge in [-0.3, -0.25) is 19.4 Å². The van der Waals surface area contributed by atoms with Gasteiger partial charge in [0.15, 0.2) is 16.6 Å². The molecule has 1 saturated heterocycles. The van der Waals surface area contributed by atoms with E-state index in [9.17, 15) is 9.59 Å². The molecular weight excluding hydrogens is 588 g/mol. The largest absolute Gasteiger partial charge is 0.490 e. The van der Waals surface area contributed by atoms with Crippen LogP contribution >= 0.6 is 28.1 Å². The summed E-state index contributed by atoms with van der Waals surface area (Å²) < 4.78 is 12.9. The van der Waals surface area contributed by atoms with Crippen LogP contribution in [0.1, 0.15) is 18.1 Å². The van der Waals surface area contributed by atoms with Gasteiger partial charge in [0.25, 0.3) is 11.8 Å². The maximum atomic E-state index is 13.8. The second kappa shape index (κ2) is 12.3. The number of thiocarbonyl (C=S) groups is 1. The summed E-state index contributed by atoms with van der Waals surface area (Å²) >= 11 is 9.12. The molecule has 0 aliphatic carbocycles. The number of carbonyl (C=O) groups excluding carboxylic acids is 2. The zero-order chi connectivity index (χ0) is 28.1. The number of ether oxygens (including phenoxy) is 2. The molecule has 6 nitrogen and oxygen atoms in total. The highest BCUT2D eigenvalue weighted by molar-refractivity contribution is 9.10. The van der Waals surface area contributed by atoms with Crippen molar-refractivity contribution in [3.63, 3.8) is 0 Å². The third kappa shape index (κ3) is 5.83. The van der Waals surface area contributed by atoms with Crippen LogP contribution in [0.15, 0.2) is 113 Å². The standard InChI is InChI=1S/C32H25BrN2O4S/c1-2-38-29-20-23(15-18-28(29)39-21-22-13-16-24(33)17-14-22)19-27-30(36)34(25-9-5-3-6-10-25)32(40)35(31(27)37)26-11-7-4-8-12-26/h3-20H,2,21H2,1H3. The van der Waals surface area contributed by atoms with Gasteiger partial charge < -0.3 is 9.47 Å². The first kappa shape index (κ1) is 27.3. The molecule has 8 heteroatoms. The Kier molecular flexibility index (Phi) is 8.38. The number of anilines is 2. The molecule has 0 spiro atoms. The normalized spacial score (nSPS) is 13.4. The topological polar surface area (TPSA) is 59.1 Å². The quantitative estimate of drug-likeness (QED) is 0.120.